The number of methoxy groups -OCH3 is 1. The Labute approximate surface area is 167 Å². The van der Waals surface area contributed by atoms with Crippen molar-refractivity contribution < 1.29 is 8.95 Å². The maximum Gasteiger partial charge on any atom is 0.119 e. The molecular weight excluding hydrogens is 382 g/mol. The third kappa shape index (κ3) is 5.71. The molecule has 0 aliphatic heterocycles. The van der Waals surface area contributed by atoms with Gasteiger partial charge in [-0.05, 0) is 49.2 Å². The van der Waals surface area contributed by atoms with E-state index in [9.17, 15) is 4.21 Å². The minimum Gasteiger partial charge on any atom is -0.497 e. The zero-order chi connectivity index (χ0) is 20.0. The molecule has 0 saturated heterocycles. The van der Waals surface area contributed by atoms with Gasteiger partial charge in [-0.1, -0.05) is 23.7 Å². The molecule has 5 nitrogen and oxygen atoms in total. The number of ether oxygens (including phenoxy) is 1. The number of benzene rings is 2. The van der Waals surface area contributed by atoms with Crippen molar-refractivity contribution >= 4 is 33.4 Å². The number of aryl methyl sites for hydroxylation is 1. The molecule has 0 spiro atoms. The van der Waals surface area contributed by atoms with Gasteiger partial charge in [0.15, 0.2) is 0 Å². The van der Waals surface area contributed by atoms with Crippen molar-refractivity contribution in [1.29, 1.82) is 0 Å². The lowest BCUT2D eigenvalue weighted by atomic mass is 10.2. The highest BCUT2D eigenvalue weighted by Crippen LogP contribution is 2.31. The second-order valence-corrected chi connectivity index (χ2v) is 9.04. The molecule has 2 aromatic rings. The standard InChI is InChI=1S/C20H26ClN3O2S/c1-6-24(3)14-22-19-10-15(2)20(12-18(19)21)27(5,25)23-13-16-8-7-9-17(11-16)26-4/h7-12,14H,6,13H2,1-5H3. The second kappa shape index (κ2) is 9.24. The first-order chi connectivity index (χ1) is 12.8. The van der Waals surface area contributed by atoms with Crippen molar-refractivity contribution in [2.45, 2.75) is 25.3 Å². The molecule has 7 heteroatoms. The van der Waals surface area contributed by atoms with Crippen LogP contribution in [0.1, 0.15) is 18.1 Å². The van der Waals surface area contributed by atoms with Crippen LogP contribution >= 0.6 is 11.6 Å². The van der Waals surface area contributed by atoms with Crippen LogP contribution in [0.5, 0.6) is 5.75 Å². The second-order valence-electron chi connectivity index (χ2n) is 6.33. The maximum absolute atomic E-state index is 13.2. The minimum atomic E-state index is -2.60. The van der Waals surface area contributed by atoms with E-state index in [1.54, 1.807) is 25.8 Å². The van der Waals surface area contributed by atoms with Crippen LogP contribution in [0.25, 0.3) is 0 Å². The van der Waals surface area contributed by atoms with E-state index in [0.29, 0.717) is 22.2 Å². The van der Waals surface area contributed by atoms with Gasteiger partial charge < -0.3 is 9.64 Å². The average molecular weight is 408 g/mol. The summed E-state index contributed by atoms with van der Waals surface area (Å²) in [4.78, 5) is 6.99. The Balaban J connectivity index is 2.33. The summed E-state index contributed by atoms with van der Waals surface area (Å²) in [5, 5.41) is 0.461. The van der Waals surface area contributed by atoms with Gasteiger partial charge >= 0.3 is 0 Å². The monoisotopic (exact) mass is 407 g/mol. The van der Waals surface area contributed by atoms with Gasteiger partial charge in [0.05, 0.1) is 45.3 Å². The van der Waals surface area contributed by atoms with E-state index in [0.717, 1.165) is 23.4 Å². The quantitative estimate of drug-likeness (QED) is 0.483. The predicted octanol–water partition coefficient (Wildman–Crippen LogP) is 4.93. The molecule has 0 radical (unpaired) electrons. The maximum atomic E-state index is 13.2. The van der Waals surface area contributed by atoms with Gasteiger partial charge in [-0.15, -0.1) is 0 Å². The molecule has 27 heavy (non-hydrogen) atoms. The SMILES string of the molecule is CCN(C)C=Nc1cc(C)c(S(C)(=O)=NCc2cccc(OC)c2)cc1Cl. The fourth-order valence-electron chi connectivity index (χ4n) is 2.44. The largest absolute Gasteiger partial charge is 0.497 e. The van der Waals surface area contributed by atoms with Gasteiger partial charge in [-0.25, -0.2) is 13.6 Å². The highest BCUT2D eigenvalue weighted by atomic mass is 35.5. The Kier molecular flexibility index (Phi) is 7.27. The van der Waals surface area contributed by atoms with Crippen molar-refractivity contribution in [3.05, 3.63) is 52.5 Å². The van der Waals surface area contributed by atoms with Crippen LogP contribution in [0, 0.1) is 6.92 Å². The Morgan fingerprint density at radius 1 is 1.30 bits per heavy atom. The first kappa shape index (κ1) is 21.3. The topological polar surface area (TPSA) is 54.3 Å². The Morgan fingerprint density at radius 2 is 2.04 bits per heavy atom. The third-order valence-electron chi connectivity index (χ3n) is 4.17. The smallest absolute Gasteiger partial charge is 0.119 e. The van der Waals surface area contributed by atoms with Crippen LogP contribution in [0.2, 0.25) is 5.02 Å². The molecule has 0 aliphatic rings. The molecule has 2 rings (SSSR count). The lowest BCUT2D eigenvalue weighted by molar-refractivity contribution is 0.414. The van der Waals surface area contributed by atoms with E-state index in [2.05, 4.69) is 9.36 Å². The summed E-state index contributed by atoms with van der Waals surface area (Å²) in [6.07, 6.45) is 3.37. The lowest BCUT2D eigenvalue weighted by Gasteiger charge is -2.12. The number of rotatable bonds is 7. The van der Waals surface area contributed by atoms with Gasteiger partial charge in [0, 0.05) is 19.8 Å². The number of halogens is 1. The van der Waals surface area contributed by atoms with Crippen LogP contribution in [0.15, 0.2) is 50.6 Å². The molecule has 0 bridgehead atoms. The Bertz CT molecular complexity index is 950. The molecule has 146 valence electrons. The van der Waals surface area contributed by atoms with Gasteiger partial charge in [0.25, 0.3) is 0 Å². The van der Waals surface area contributed by atoms with Crippen LogP contribution in [0.3, 0.4) is 0 Å². The van der Waals surface area contributed by atoms with E-state index < -0.39 is 9.73 Å². The summed E-state index contributed by atoms with van der Waals surface area (Å²) in [5.74, 6) is 0.754. The Hall–Kier alpha value is -2.05. The van der Waals surface area contributed by atoms with E-state index in [-0.39, 0.29) is 0 Å². The van der Waals surface area contributed by atoms with E-state index in [1.165, 1.54) is 0 Å². The molecule has 2 aromatic carbocycles. The summed E-state index contributed by atoms with van der Waals surface area (Å²) in [6.45, 7) is 5.13. The zero-order valence-electron chi connectivity index (χ0n) is 16.4. The van der Waals surface area contributed by atoms with E-state index in [1.807, 2.05) is 56.1 Å². The number of nitrogens with zero attached hydrogens (tertiary/aromatic N) is 3. The van der Waals surface area contributed by atoms with Gasteiger partial charge in [-0.2, -0.15) is 0 Å². The van der Waals surface area contributed by atoms with Crippen molar-refractivity contribution in [1.82, 2.24) is 4.90 Å². The van der Waals surface area contributed by atoms with Crippen molar-refractivity contribution in [3.8, 4) is 5.75 Å². The highest BCUT2D eigenvalue weighted by Gasteiger charge is 2.13. The van der Waals surface area contributed by atoms with Crippen molar-refractivity contribution in [2.75, 3.05) is 27.0 Å². The molecule has 0 saturated carbocycles. The highest BCUT2D eigenvalue weighted by molar-refractivity contribution is 7.93. The molecule has 0 fully saturated rings. The minimum absolute atomic E-state index is 0.338. The van der Waals surface area contributed by atoms with Crippen LogP contribution in [-0.4, -0.2) is 42.4 Å². The average Bonchev–Trinajstić information content (AvgIpc) is 2.66. The van der Waals surface area contributed by atoms with Gasteiger partial charge in [0.1, 0.15) is 5.75 Å². The van der Waals surface area contributed by atoms with Crippen LogP contribution < -0.4 is 4.74 Å². The Morgan fingerprint density at radius 3 is 2.70 bits per heavy atom. The fraction of sp³-hybridized carbons (Fsp3) is 0.350. The summed E-state index contributed by atoms with van der Waals surface area (Å²) >= 11 is 6.37. The van der Waals surface area contributed by atoms with E-state index >= 15 is 0 Å². The molecule has 1 atom stereocenters. The molecule has 0 amide bonds. The third-order valence-corrected chi connectivity index (χ3v) is 6.35. The fourth-order valence-corrected chi connectivity index (χ4v) is 4.24. The molecule has 1 unspecified atom stereocenters. The molecule has 0 aromatic heterocycles. The van der Waals surface area contributed by atoms with Crippen molar-refractivity contribution in [2.24, 2.45) is 9.36 Å². The first-order valence-corrected chi connectivity index (χ1v) is 10.9. The van der Waals surface area contributed by atoms with Crippen LogP contribution in [-0.2, 0) is 16.3 Å². The molecule has 0 N–H and O–H groups in total. The number of hydrogen-bond donors (Lipinski definition) is 0. The normalized spacial score (nSPS) is 13.4. The van der Waals surface area contributed by atoms with Gasteiger partial charge in [0.2, 0.25) is 0 Å². The van der Waals surface area contributed by atoms with Crippen LogP contribution in [0.4, 0.5) is 5.69 Å². The van der Waals surface area contributed by atoms with E-state index in [4.69, 9.17) is 16.3 Å². The summed E-state index contributed by atoms with van der Waals surface area (Å²) in [5.41, 5.74) is 2.45. The first-order valence-electron chi connectivity index (χ1n) is 8.62. The van der Waals surface area contributed by atoms with Gasteiger partial charge in [-0.3, -0.25) is 0 Å². The lowest BCUT2D eigenvalue weighted by Crippen LogP contribution is -2.14. The summed E-state index contributed by atoms with van der Waals surface area (Å²) < 4.78 is 22.9. The number of hydrogen-bond acceptors (Lipinski definition) is 4. The predicted molar refractivity (Wildman–Crippen MR) is 114 cm³/mol. The molecule has 0 heterocycles. The number of aliphatic imine (C=N–C) groups is 1. The zero-order valence-corrected chi connectivity index (χ0v) is 18.0. The molecule has 0 aliphatic carbocycles. The summed E-state index contributed by atoms with van der Waals surface area (Å²) in [7, 11) is 0.961. The summed E-state index contributed by atoms with van der Waals surface area (Å²) in [6, 6.07) is 11.1. The molecular formula is C20H26ClN3O2S. The van der Waals surface area contributed by atoms with Crippen molar-refractivity contribution in [3.63, 3.8) is 0 Å².